The second-order valence-corrected chi connectivity index (χ2v) is 7.53. The van der Waals surface area contributed by atoms with E-state index in [1.807, 2.05) is 11.3 Å². The van der Waals surface area contributed by atoms with Gasteiger partial charge in [0.1, 0.15) is 0 Å². The Balaban J connectivity index is 1.37. The molecule has 23 heavy (non-hydrogen) atoms. The van der Waals surface area contributed by atoms with Crippen LogP contribution >= 0.6 is 11.3 Å². The fraction of sp³-hybridized carbons (Fsp3) is 0.421. The first-order valence-corrected chi connectivity index (χ1v) is 9.39. The summed E-state index contributed by atoms with van der Waals surface area (Å²) < 4.78 is 0. The van der Waals surface area contributed by atoms with Crippen LogP contribution in [-0.4, -0.2) is 11.5 Å². The van der Waals surface area contributed by atoms with Crippen molar-refractivity contribution in [2.24, 2.45) is 0 Å². The van der Waals surface area contributed by atoms with Gasteiger partial charge in [0.05, 0.1) is 5.69 Å². The molecular formula is C19H23N3S. The summed E-state index contributed by atoms with van der Waals surface area (Å²) in [5.74, 6) is 0. The lowest BCUT2D eigenvalue weighted by atomic mass is 10.00. The zero-order valence-electron chi connectivity index (χ0n) is 13.5. The molecule has 0 amide bonds. The number of anilines is 2. The Bertz CT molecular complexity index is 709. The highest BCUT2D eigenvalue weighted by Gasteiger charge is 2.16. The Morgan fingerprint density at radius 2 is 2.17 bits per heavy atom. The normalized spacial score (nSPS) is 15.7. The number of thiazole rings is 1. The van der Waals surface area contributed by atoms with Crippen LogP contribution in [0.2, 0.25) is 0 Å². The van der Waals surface area contributed by atoms with Gasteiger partial charge in [-0.25, -0.2) is 4.98 Å². The molecular weight excluding hydrogens is 302 g/mol. The van der Waals surface area contributed by atoms with Gasteiger partial charge in [0.2, 0.25) is 0 Å². The van der Waals surface area contributed by atoms with Crippen molar-refractivity contribution >= 4 is 22.2 Å². The molecule has 0 saturated carbocycles. The Morgan fingerprint density at radius 3 is 3.09 bits per heavy atom. The number of allylic oxidation sites excluding steroid dienone is 1. The van der Waals surface area contributed by atoms with Gasteiger partial charge in [-0.05, 0) is 62.1 Å². The highest BCUT2D eigenvalue weighted by molar-refractivity contribution is 7.15. The molecule has 1 aromatic carbocycles. The predicted octanol–water partition coefficient (Wildman–Crippen LogP) is 4.55. The summed E-state index contributed by atoms with van der Waals surface area (Å²) in [5, 5.41) is 7.91. The predicted molar refractivity (Wildman–Crippen MR) is 98.5 cm³/mol. The molecule has 2 aliphatic rings. The van der Waals surface area contributed by atoms with Crippen LogP contribution in [0.1, 0.15) is 41.0 Å². The van der Waals surface area contributed by atoms with Crippen LogP contribution in [0, 0.1) is 0 Å². The highest BCUT2D eigenvalue weighted by atomic mass is 32.1. The summed E-state index contributed by atoms with van der Waals surface area (Å²) in [4.78, 5) is 6.21. The lowest BCUT2D eigenvalue weighted by molar-refractivity contribution is 0.682. The molecule has 0 atom stereocenters. The molecule has 120 valence electrons. The largest absolute Gasteiger partial charge is 0.384 e. The molecule has 2 aromatic rings. The number of nitrogens with one attached hydrogen (secondary N) is 2. The van der Waals surface area contributed by atoms with Crippen LogP contribution < -0.4 is 10.6 Å². The summed E-state index contributed by atoms with van der Waals surface area (Å²) in [6.07, 6.45) is 8.08. The van der Waals surface area contributed by atoms with E-state index in [0.717, 1.165) is 43.1 Å². The van der Waals surface area contributed by atoms with Crippen LogP contribution in [-0.2, 0) is 25.7 Å². The number of hydrogen-bond acceptors (Lipinski definition) is 4. The monoisotopic (exact) mass is 325 g/mol. The maximum atomic E-state index is 4.74. The maximum Gasteiger partial charge on any atom is 0.187 e. The molecule has 1 aliphatic carbocycles. The number of rotatable bonds is 5. The topological polar surface area (TPSA) is 37.0 Å². The molecule has 4 rings (SSSR count). The summed E-state index contributed by atoms with van der Waals surface area (Å²) in [6.45, 7) is 5.27. The van der Waals surface area contributed by atoms with E-state index in [0.29, 0.717) is 0 Å². The lowest BCUT2D eigenvalue weighted by Crippen LogP contribution is -2.02. The first kappa shape index (κ1) is 14.8. The molecule has 2 heterocycles. The van der Waals surface area contributed by atoms with Crippen LogP contribution in [0.15, 0.2) is 30.5 Å². The Morgan fingerprint density at radius 1 is 1.26 bits per heavy atom. The molecule has 3 nitrogen and oxygen atoms in total. The fourth-order valence-corrected chi connectivity index (χ4v) is 4.65. The number of aromatic nitrogens is 1. The van der Waals surface area contributed by atoms with E-state index < -0.39 is 0 Å². The van der Waals surface area contributed by atoms with Crippen molar-refractivity contribution < 1.29 is 0 Å². The van der Waals surface area contributed by atoms with Gasteiger partial charge in [-0.15, -0.1) is 11.3 Å². The second kappa shape index (κ2) is 6.36. The van der Waals surface area contributed by atoms with Gasteiger partial charge in [-0.3, -0.25) is 0 Å². The van der Waals surface area contributed by atoms with Crippen LogP contribution in [0.5, 0.6) is 0 Å². The van der Waals surface area contributed by atoms with Crippen molar-refractivity contribution in [1.82, 2.24) is 4.98 Å². The molecule has 0 spiro atoms. The van der Waals surface area contributed by atoms with Gasteiger partial charge in [0.25, 0.3) is 0 Å². The average molecular weight is 325 g/mol. The third-order valence-electron chi connectivity index (χ3n) is 4.79. The zero-order valence-corrected chi connectivity index (χ0v) is 14.3. The average Bonchev–Trinajstić information content (AvgIpc) is 3.18. The number of hydrogen-bond donors (Lipinski definition) is 2. The van der Waals surface area contributed by atoms with Gasteiger partial charge < -0.3 is 10.6 Å². The minimum Gasteiger partial charge on any atom is -0.384 e. The fourth-order valence-electron chi connectivity index (χ4n) is 3.56. The first-order valence-electron chi connectivity index (χ1n) is 8.57. The summed E-state index contributed by atoms with van der Waals surface area (Å²) in [6, 6.07) is 6.58. The molecule has 0 bridgehead atoms. The minimum atomic E-state index is 0.959. The molecule has 1 aromatic heterocycles. The van der Waals surface area contributed by atoms with Crippen molar-refractivity contribution in [2.45, 2.75) is 44.9 Å². The van der Waals surface area contributed by atoms with E-state index in [-0.39, 0.29) is 0 Å². The van der Waals surface area contributed by atoms with E-state index in [1.54, 1.807) is 0 Å². The molecule has 2 N–H and O–H groups in total. The molecule has 4 heteroatoms. The van der Waals surface area contributed by atoms with Crippen molar-refractivity contribution in [3.8, 4) is 0 Å². The smallest absolute Gasteiger partial charge is 0.187 e. The summed E-state index contributed by atoms with van der Waals surface area (Å²) in [5.41, 5.74) is 6.63. The van der Waals surface area contributed by atoms with E-state index in [9.17, 15) is 0 Å². The van der Waals surface area contributed by atoms with Crippen molar-refractivity contribution in [2.75, 3.05) is 17.2 Å². The Hall–Kier alpha value is -1.81. The minimum absolute atomic E-state index is 0.959. The van der Waals surface area contributed by atoms with Crippen LogP contribution in [0.3, 0.4) is 0 Å². The van der Waals surface area contributed by atoms with E-state index in [1.165, 1.54) is 46.6 Å². The van der Waals surface area contributed by atoms with Gasteiger partial charge in [0.15, 0.2) is 5.13 Å². The summed E-state index contributed by atoms with van der Waals surface area (Å²) in [7, 11) is 0. The van der Waals surface area contributed by atoms with Gasteiger partial charge >= 0.3 is 0 Å². The van der Waals surface area contributed by atoms with Crippen molar-refractivity contribution in [3.05, 3.63) is 52.2 Å². The molecule has 0 saturated heterocycles. The van der Waals surface area contributed by atoms with E-state index >= 15 is 0 Å². The number of nitrogens with zero attached hydrogens (tertiary/aromatic N) is 1. The highest BCUT2D eigenvalue weighted by Crippen LogP contribution is 2.31. The van der Waals surface area contributed by atoms with E-state index in [2.05, 4.69) is 35.4 Å². The van der Waals surface area contributed by atoms with Crippen molar-refractivity contribution in [3.63, 3.8) is 0 Å². The Labute approximate surface area is 141 Å². The third kappa shape index (κ3) is 3.13. The van der Waals surface area contributed by atoms with E-state index in [4.69, 9.17) is 4.98 Å². The Kier molecular flexibility index (Phi) is 4.08. The van der Waals surface area contributed by atoms with Gasteiger partial charge in [0, 0.05) is 22.8 Å². The molecule has 0 unspecified atom stereocenters. The molecule has 1 aliphatic heterocycles. The van der Waals surface area contributed by atoms with Crippen molar-refractivity contribution in [1.29, 1.82) is 0 Å². The van der Waals surface area contributed by atoms with Gasteiger partial charge in [-0.2, -0.15) is 0 Å². The van der Waals surface area contributed by atoms with Gasteiger partial charge in [-0.1, -0.05) is 18.7 Å². The van der Waals surface area contributed by atoms with Crippen LogP contribution in [0.4, 0.5) is 10.8 Å². The maximum absolute atomic E-state index is 4.74. The second-order valence-electron chi connectivity index (χ2n) is 6.44. The third-order valence-corrected chi connectivity index (χ3v) is 5.86. The summed E-state index contributed by atoms with van der Waals surface area (Å²) >= 11 is 1.81. The van der Waals surface area contributed by atoms with Crippen LogP contribution in [0.25, 0.3) is 0 Å². The standard InChI is InChI=1S/C19H23N3S/c1-13(21-19-22-17-6-2-3-8-18(17)23-19)9-10-14-5-4-7-16-15(14)11-12-20-16/h4-5,7,20H,1-3,6,8-12H2,(H,21,22). The number of fused-ring (bicyclic) bond motifs is 2. The number of benzene rings is 1. The zero-order chi connectivity index (χ0) is 15.6. The number of aryl methyl sites for hydroxylation is 3. The lowest BCUT2D eigenvalue weighted by Gasteiger charge is -2.10. The molecule has 0 fully saturated rings. The quantitative estimate of drug-likeness (QED) is 0.847. The SMILES string of the molecule is C=C(CCc1cccc2c1CCN2)Nc1nc2c(s1)CCCC2. The molecule has 0 radical (unpaired) electrons. The first-order chi connectivity index (χ1) is 11.3.